The molecule has 1 aliphatic heterocycles. The summed E-state index contributed by atoms with van der Waals surface area (Å²) in [5, 5.41) is 4.19. The highest BCUT2D eigenvalue weighted by atomic mass is 19.4. The van der Waals surface area contributed by atoms with E-state index in [2.05, 4.69) is 14.7 Å². The molecule has 34 heavy (non-hydrogen) atoms. The molecule has 2 heterocycles. The average molecular weight is 483 g/mol. The molecule has 0 radical (unpaired) electrons. The Hall–Kier alpha value is -3.08. The topological polar surface area (TPSA) is 82.9 Å². The summed E-state index contributed by atoms with van der Waals surface area (Å²) in [6.07, 6.45) is -0.423. The van der Waals surface area contributed by atoms with Gasteiger partial charge in [0.15, 0.2) is 11.5 Å². The van der Waals surface area contributed by atoms with Crippen LogP contribution in [-0.4, -0.2) is 65.6 Å². The number of aromatic nitrogens is 2. The Morgan fingerprint density at radius 3 is 2.59 bits per heavy atom. The van der Waals surface area contributed by atoms with Gasteiger partial charge < -0.3 is 19.1 Å². The predicted octanol–water partition coefficient (Wildman–Crippen LogP) is 4.10. The third-order valence-electron chi connectivity index (χ3n) is 5.24. The van der Waals surface area contributed by atoms with Crippen molar-refractivity contribution in [3.63, 3.8) is 0 Å². The fraction of sp³-hybridized carbons (Fsp3) is 0.522. The van der Waals surface area contributed by atoms with Gasteiger partial charge >= 0.3 is 12.3 Å². The van der Waals surface area contributed by atoms with Gasteiger partial charge in [0, 0.05) is 18.2 Å². The minimum atomic E-state index is -4.87. The number of ketones is 1. The van der Waals surface area contributed by atoms with Gasteiger partial charge in [-0.05, 0) is 51.4 Å². The fourth-order valence-corrected chi connectivity index (χ4v) is 3.70. The van der Waals surface area contributed by atoms with E-state index in [1.54, 1.807) is 6.92 Å². The van der Waals surface area contributed by atoms with E-state index in [-0.39, 0.29) is 30.3 Å². The van der Waals surface area contributed by atoms with Gasteiger partial charge in [0.2, 0.25) is 5.88 Å². The number of hydrogen-bond acceptors (Lipinski definition) is 7. The van der Waals surface area contributed by atoms with E-state index in [9.17, 15) is 22.8 Å². The number of carbonyl (C=O) groups excluding carboxylic acids is 2. The zero-order valence-corrected chi connectivity index (χ0v) is 19.0. The molecule has 3 rings (SSSR count). The Kier molecular flexibility index (Phi) is 8.91. The first-order valence-electron chi connectivity index (χ1n) is 11.2. The second-order valence-corrected chi connectivity index (χ2v) is 7.85. The lowest BCUT2D eigenvalue weighted by molar-refractivity contribution is -0.274. The lowest BCUT2D eigenvalue weighted by atomic mass is 10.1. The van der Waals surface area contributed by atoms with E-state index in [0.717, 1.165) is 42.9 Å². The first kappa shape index (κ1) is 25.5. The van der Waals surface area contributed by atoms with Crippen molar-refractivity contribution >= 4 is 11.8 Å². The lowest BCUT2D eigenvalue weighted by Crippen LogP contribution is -2.31. The highest BCUT2D eigenvalue weighted by Gasteiger charge is 2.31. The maximum Gasteiger partial charge on any atom is 0.573 e. The Labute approximate surface area is 195 Å². The number of hydrogen-bond donors (Lipinski definition) is 0. The molecule has 1 aromatic carbocycles. The van der Waals surface area contributed by atoms with Crippen molar-refractivity contribution in [3.8, 4) is 11.6 Å². The van der Waals surface area contributed by atoms with E-state index in [1.165, 1.54) is 37.5 Å². The minimum absolute atomic E-state index is 0.0175. The molecule has 11 heteroatoms. The standard InChI is InChI=1S/C23H28F3N3O5/c1-2-32-22(31)19-15-21(33-13-7-12-28-10-4-3-5-11-28)27-29(19)16-20(30)17-8-6-9-18(14-17)34-23(24,25)26/h6,8-9,14-15H,2-5,7,10-13,16H2,1H3. The van der Waals surface area contributed by atoms with Crippen LogP contribution >= 0.6 is 0 Å². The monoisotopic (exact) mass is 483 g/mol. The summed E-state index contributed by atoms with van der Waals surface area (Å²) in [7, 11) is 0. The molecule has 0 spiro atoms. The number of piperidine rings is 1. The number of rotatable bonds is 11. The molecule has 0 aliphatic carbocycles. The Balaban J connectivity index is 1.65. The number of alkyl halides is 3. The van der Waals surface area contributed by atoms with Crippen LogP contribution in [0.5, 0.6) is 11.6 Å². The number of carbonyl (C=O) groups is 2. The zero-order valence-electron chi connectivity index (χ0n) is 19.0. The van der Waals surface area contributed by atoms with Gasteiger partial charge in [-0.15, -0.1) is 18.3 Å². The molecule has 0 N–H and O–H groups in total. The van der Waals surface area contributed by atoms with Crippen LogP contribution in [0.1, 0.15) is 53.5 Å². The summed E-state index contributed by atoms with van der Waals surface area (Å²) in [5.74, 6) is -1.58. The number of esters is 1. The summed E-state index contributed by atoms with van der Waals surface area (Å²) in [4.78, 5) is 27.4. The number of halogens is 3. The maximum absolute atomic E-state index is 12.7. The molecule has 8 nitrogen and oxygen atoms in total. The van der Waals surface area contributed by atoms with E-state index in [4.69, 9.17) is 9.47 Å². The summed E-state index contributed by atoms with van der Waals surface area (Å²) in [6, 6.07) is 6.12. The van der Waals surface area contributed by atoms with Crippen molar-refractivity contribution < 1.29 is 37.0 Å². The van der Waals surface area contributed by atoms with Crippen LogP contribution in [0.15, 0.2) is 30.3 Å². The second-order valence-electron chi connectivity index (χ2n) is 7.85. The van der Waals surface area contributed by atoms with Crippen molar-refractivity contribution in [2.45, 2.75) is 45.5 Å². The Bertz CT molecular complexity index is 971. The van der Waals surface area contributed by atoms with E-state index >= 15 is 0 Å². The number of Topliss-reactive ketones (excluding diaryl/α,β-unsaturated/α-hetero) is 1. The Morgan fingerprint density at radius 1 is 1.12 bits per heavy atom. The van der Waals surface area contributed by atoms with Crippen LogP contribution in [0, 0.1) is 0 Å². The second kappa shape index (κ2) is 11.9. The molecule has 0 saturated carbocycles. The summed E-state index contributed by atoms with van der Waals surface area (Å²) >= 11 is 0. The van der Waals surface area contributed by atoms with Crippen molar-refractivity contribution in [1.29, 1.82) is 0 Å². The first-order valence-corrected chi connectivity index (χ1v) is 11.2. The van der Waals surface area contributed by atoms with Crippen LogP contribution in [0.3, 0.4) is 0 Å². The largest absolute Gasteiger partial charge is 0.573 e. The van der Waals surface area contributed by atoms with E-state index in [1.807, 2.05) is 0 Å². The van der Waals surface area contributed by atoms with Crippen LogP contribution in [0.25, 0.3) is 0 Å². The summed E-state index contributed by atoms with van der Waals surface area (Å²) in [5.41, 5.74) is -0.0000135. The van der Waals surface area contributed by atoms with Crippen molar-refractivity contribution in [2.24, 2.45) is 0 Å². The zero-order chi connectivity index (χ0) is 24.6. The normalized spacial score (nSPS) is 14.6. The molecule has 2 aromatic rings. The van der Waals surface area contributed by atoms with Crippen molar-refractivity contribution in [2.75, 3.05) is 32.8 Å². The third kappa shape index (κ3) is 7.75. The summed E-state index contributed by atoms with van der Waals surface area (Å²) < 4.78 is 53.2. The van der Waals surface area contributed by atoms with Crippen LogP contribution in [-0.2, 0) is 11.3 Å². The smallest absolute Gasteiger partial charge is 0.477 e. The summed E-state index contributed by atoms with van der Waals surface area (Å²) in [6.45, 7) is 4.84. The maximum atomic E-state index is 12.7. The van der Waals surface area contributed by atoms with Gasteiger partial charge in [0.1, 0.15) is 12.3 Å². The number of benzene rings is 1. The first-order chi connectivity index (χ1) is 16.2. The van der Waals surface area contributed by atoms with Gasteiger partial charge in [-0.3, -0.25) is 4.79 Å². The minimum Gasteiger partial charge on any atom is -0.477 e. The molecule has 0 amide bonds. The van der Waals surface area contributed by atoms with Crippen LogP contribution < -0.4 is 9.47 Å². The molecule has 0 bridgehead atoms. The molecule has 186 valence electrons. The molecule has 1 saturated heterocycles. The average Bonchev–Trinajstić information content (AvgIpc) is 3.19. The molecular formula is C23H28F3N3O5. The molecule has 1 fully saturated rings. The molecule has 0 unspecified atom stereocenters. The molecule has 0 atom stereocenters. The number of likely N-dealkylation sites (tertiary alicyclic amines) is 1. The van der Waals surface area contributed by atoms with Crippen molar-refractivity contribution in [3.05, 3.63) is 41.6 Å². The molecular weight excluding hydrogens is 455 g/mol. The SMILES string of the molecule is CCOC(=O)c1cc(OCCCN2CCCCC2)nn1CC(=O)c1cccc(OC(F)(F)F)c1. The quantitative estimate of drug-likeness (QED) is 0.270. The van der Waals surface area contributed by atoms with Gasteiger partial charge in [0.05, 0.1) is 13.2 Å². The lowest BCUT2D eigenvalue weighted by Gasteiger charge is -2.26. The van der Waals surface area contributed by atoms with Crippen LogP contribution in [0.4, 0.5) is 13.2 Å². The molecule has 1 aromatic heterocycles. The van der Waals surface area contributed by atoms with Crippen LogP contribution in [0.2, 0.25) is 0 Å². The highest BCUT2D eigenvalue weighted by molar-refractivity contribution is 5.97. The number of ether oxygens (including phenoxy) is 3. The Morgan fingerprint density at radius 2 is 1.88 bits per heavy atom. The fourth-order valence-electron chi connectivity index (χ4n) is 3.70. The third-order valence-corrected chi connectivity index (χ3v) is 5.24. The van der Waals surface area contributed by atoms with Gasteiger partial charge in [-0.2, -0.15) is 0 Å². The van der Waals surface area contributed by atoms with Crippen molar-refractivity contribution in [1.82, 2.24) is 14.7 Å². The van der Waals surface area contributed by atoms with E-state index < -0.39 is 23.9 Å². The van der Waals surface area contributed by atoms with E-state index in [0.29, 0.717) is 6.61 Å². The highest BCUT2D eigenvalue weighted by Crippen LogP contribution is 2.24. The van der Waals surface area contributed by atoms with Gasteiger partial charge in [-0.1, -0.05) is 18.6 Å². The molecule has 1 aliphatic rings. The number of nitrogens with zero attached hydrogens (tertiary/aromatic N) is 3. The van der Waals surface area contributed by atoms with Gasteiger partial charge in [-0.25, -0.2) is 9.48 Å². The predicted molar refractivity (Wildman–Crippen MR) is 116 cm³/mol. The van der Waals surface area contributed by atoms with Gasteiger partial charge in [0.25, 0.3) is 0 Å².